The van der Waals surface area contributed by atoms with E-state index in [2.05, 4.69) is 39.2 Å². The zero-order chi connectivity index (χ0) is 20.2. The van der Waals surface area contributed by atoms with Crippen molar-refractivity contribution in [3.05, 3.63) is 80.3 Å². The van der Waals surface area contributed by atoms with Gasteiger partial charge in [-0.05, 0) is 35.2 Å². The van der Waals surface area contributed by atoms with E-state index in [1.165, 1.54) is 34.1 Å². The molecule has 0 saturated carbocycles. The van der Waals surface area contributed by atoms with E-state index in [1.807, 2.05) is 36.5 Å². The molecule has 7 heteroatoms. The van der Waals surface area contributed by atoms with Crippen LogP contribution in [0.15, 0.2) is 60.1 Å². The van der Waals surface area contributed by atoms with Crippen LogP contribution in [0.25, 0.3) is 10.9 Å². The molecule has 0 spiro atoms. The minimum absolute atomic E-state index is 0.0777. The van der Waals surface area contributed by atoms with Crippen LogP contribution in [0.3, 0.4) is 0 Å². The number of para-hydroxylation sites is 1. The summed E-state index contributed by atoms with van der Waals surface area (Å²) in [6, 6.07) is 16.1. The first-order valence-electron chi connectivity index (χ1n) is 9.32. The van der Waals surface area contributed by atoms with Gasteiger partial charge in [-0.25, -0.2) is 0 Å². The molecule has 0 bridgehead atoms. The highest BCUT2D eigenvalue weighted by Gasteiger charge is 2.20. The van der Waals surface area contributed by atoms with Crippen LogP contribution >= 0.6 is 22.7 Å². The molecule has 4 aromatic rings. The number of hydrogen-bond acceptors (Lipinski definition) is 4. The molecule has 1 atom stereocenters. The number of fused-ring (bicyclic) bond motifs is 1. The smallest absolute Gasteiger partial charge is 0.261 e. The first-order valence-corrected chi connectivity index (χ1v) is 11.0. The average Bonchev–Trinajstić information content (AvgIpc) is 3.47. The molecule has 5 nitrogen and oxygen atoms in total. The van der Waals surface area contributed by atoms with E-state index >= 15 is 0 Å². The fraction of sp³-hybridized carbons (Fsp3) is 0.182. The summed E-state index contributed by atoms with van der Waals surface area (Å²) in [6.07, 6.45) is 2.04. The largest absolute Gasteiger partial charge is 0.361 e. The number of amides is 2. The molecule has 0 fully saturated rings. The number of carbonyl (C=O) groups is 2. The first kappa shape index (κ1) is 19.4. The van der Waals surface area contributed by atoms with Crippen LogP contribution in [0.2, 0.25) is 0 Å². The van der Waals surface area contributed by atoms with Gasteiger partial charge >= 0.3 is 0 Å². The maximum absolute atomic E-state index is 12.7. The number of benzene rings is 1. The van der Waals surface area contributed by atoms with Crippen LogP contribution in [-0.4, -0.2) is 23.3 Å². The number of aromatic amines is 1. The fourth-order valence-electron chi connectivity index (χ4n) is 3.32. The van der Waals surface area contributed by atoms with Crippen molar-refractivity contribution < 1.29 is 9.59 Å². The van der Waals surface area contributed by atoms with Crippen LogP contribution < -0.4 is 10.6 Å². The Labute approximate surface area is 176 Å². The highest BCUT2D eigenvalue weighted by Crippen LogP contribution is 2.33. The molecule has 3 heterocycles. The molecule has 0 saturated heterocycles. The van der Waals surface area contributed by atoms with E-state index in [-0.39, 0.29) is 17.7 Å². The maximum atomic E-state index is 12.7. The van der Waals surface area contributed by atoms with E-state index in [9.17, 15) is 9.59 Å². The zero-order valence-corrected chi connectivity index (χ0v) is 17.5. The summed E-state index contributed by atoms with van der Waals surface area (Å²) in [6.45, 7) is 2.44. The van der Waals surface area contributed by atoms with Crippen molar-refractivity contribution in [1.82, 2.24) is 15.6 Å². The fourth-order valence-corrected chi connectivity index (χ4v) is 5.03. The zero-order valence-electron chi connectivity index (χ0n) is 15.9. The van der Waals surface area contributed by atoms with Gasteiger partial charge in [-0.2, -0.15) is 0 Å². The lowest BCUT2D eigenvalue weighted by Crippen LogP contribution is -2.28. The third kappa shape index (κ3) is 4.41. The second-order valence-electron chi connectivity index (χ2n) is 6.74. The van der Waals surface area contributed by atoms with Crippen molar-refractivity contribution in [1.29, 1.82) is 0 Å². The Morgan fingerprint density at radius 2 is 1.93 bits per heavy atom. The van der Waals surface area contributed by atoms with Gasteiger partial charge in [0.05, 0.1) is 11.4 Å². The summed E-state index contributed by atoms with van der Waals surface area (Å²) in [4.78, 5) is 29.9. The Morgan fingerprint density at radius 1 is 1.07 bits per heavy atom. The van der Waals surface area contributed by atoms with Crippen LogP contribution in [0.5, 0.6) is 0 Å². The summed E-state index contributed by atoms with van der Waals surface area (Å²) in [7, 11) is 0. The average molecular weight is 424 g/mol. The van der Waals surface area contributed by atoms with Gasteiger partial charge < -0.3 is 15.6 Å². The third-order valence-corrected chi connectivity index (χ3v) is 6.82. The quantitative estimate of drug-likeness (QED) is 0.410. The first-order chi connectivity index (χ1) is 14.1. The summed E-state index contributed by atoms with van der Waals surface area (Å²) in [5.74, 6) is -0.0960. The Hall–Kier alpha value is -2.90. The number of nitrogens with one attached hydrogen (secondary N) is 3. The Morgan fingerprint density at radius 3 is 2.72 bits per heavy atom. The number of rotatable bonds is 7. The molecule has 4 rings (SSSR count). The second kappa shape index (κ2) is 8.63. The van der Waals surface area contributed by atoms with E-state index < -0.39 is 0 Å². The molecule has 1 aromatic carbocycles. The van der Waals surface area contributed by atoms with Crippen molar-refractivity contribution in [2.24, 2.45) is 0 Å². The highest BCUT2D eigenvalue weighted by atomic mass is 32.1. The van der Waals surface area contributed by atoms with Gasteiger partial charge in [0, 0.05) is 46.2 Å². The van der Waals surface area contributed by atoms with Gasteiger partial charge in [0.15, 0.2) is 0 Å². The van der Waals surface area contributed by atoms with Crippen LogP contribution in [0, 0.1) is 0 Å². The molecule has 0 radical (unpaired) electrons. The summed E-state index contributed by atoms with van der Waals surface area (Å²) in [5.41, 5.74) is 2.28. The molecule has 148 valence electrons. The number of hydrogen-bond donors (Lipinski definition) is 3. The van der Waals surface area contributed by atoms with Gasteiger partial charge in [0.1, 0.15) is 0 Å². The van der Waals surface area contributed by atoms with E-state index in [0.717, 1.165) is 10.4 Å². The molecule has 3 N–H and O–H groups in total. The van der Waals surface area contributed by atoms with Gasteiger partial charge in [-0.3, -0.25) is 9.59 Å². The topological polar surface area (TPSA) is 74.0 Å². The summed E-state index contributed by atoms with van der Waals surface area (Å²) in [5, 5.41) is 9.09. The normalized spacial score (nSPS) is 12.0. The van der Waals surface area contributed by atoms with Gasteiger partial charge in [0.2, 0.25) is 5.91 Å². The molecular formula is C22H21N3O2S2. The van der Waals surface area contributed by atoms with Crippen molar-refractivity contribution >= 4 is 45.4 Å². The van der Waals surface area contributed by atoms with Crippen LogP contribution in [-0.2, 0) is 11.3 Å². The number of aromatic nitrogens is 1. The Balaban J connectivity index is 1.51. The van der Waals surface area contributed by atoms with Crippen molar-refractivity contribution in [3.8, 4) is 0 Å². The number of carbonyl (C=O) groups excluding carboxylic acids is 2. The molecule has 1 unspecified atom stereocenters. The molecule has 3 aromatic heterocycles. The standard InChI is InChI=1S/C22H21N3O2S2/c1-14(26)23-11-15-8-9-21(29-15)22(27)25-13-18(20-7-4-10-28-20)17-12-24-19-6-3-2-5-16(17)19/h2-10,12,18,24H,11,13H2,1H3,(H,23,26)(H,25,27). The minimum Gasteiger partial charge on any atom is -0.361 e. The molecule has 0 aliphatic carbocycles. The second-order valence-corrected chi connectivity index (χ2v) is 8.89. The number of thiophene rings is 2. The molecular weight excluding hydrogens is 402 g/mol. The molecule has 0 aliphatic rings. The van der Waals surface area contributed by atoms with Gasteiger partial charge in [-0.1, -0.05) is 24.3 Å². The lowest BCUT2D eigenvalue weighted by molar-refractivity contribution is -0.119. The lowest BCUT2D eigenvalue weighted by atomic mass is 9.96. The van der Waals surface area contributed by atoms with Crippen molar-refractivity contribution in [2.75, 3.05) is 6.54 Å². The summed E-state index contributed by atoms with van der Waals surface area (Å²) >= 11 is 3.10. The summed E-state index contributed by atoms with van der Waals surface area (Å²) < 4.78 is 0. The van der Waals surface area contributed by atoms with Gasteiger partial charge in [0.25, 0.3) is 5.91 Å². The van der Waals surface area contributed by atoms with E-state index in [0.29, 0.717) is 18.0 Å². The van der Waals surface area contributed by atoms with Crippen molar-refractivity contribution in [2.45, 2.75) is 19.4 Å². The monoisotopic (exact) mass is 423 g/mol. The van der Waals surface area contributed by atoms with E-state index in [1.54, 1.807) is 11.3 Å². The number of H-pyrrole nitrogens is 1. The predicted octanol–water partition coefficient (Wildman–Crippen LogP) is 4.49. The Kier molecular flexibility index (Phi) is 5.78. The van der Waals surface area contributed by atoms with Gasteiger partial charge in [-0.15, -0.1) is 22.7 Å². The predicted molar refractivity (Wildman–Crippen MR) is 119 cm³/mol. The van der Waals surface area contributed by atoms with E-state index in [4.69, 9.17) is 0 Å². The van der Waals surface area contributed by atoms with Crippen LogP contribution in [0.1, 0.15) is 37.8 Å². The minimum atomic E-state index is -0.0922. The highest BCUT2D eigenvalue weighted by molar-refractivity contribution is 7.14. The third-order valence-electron chi connectivity index (χ3n) is 4.75. The molecule has 2 amide bonds. The van der Waals surface area contributed by atoms with Crippen LogP contribution in [0.4, 0.5) is 0 Å². The Bertz CT molecular complexity index is 1130. The SMILES string of the molecule is CC(=O)NCc1ccc(C(=O)NCC(c2cccs2)c2c[nH]c3ccccc23)s1. The maximum Gasteiger partial charge on any atom is 0.261 e. The molecule has 29 heavy (non-hydrogen) atoms. The van der Waals surface area contributed by atoms with Crippen molar-refractivity contribution in [3.63, 3.8) is 0 Å². The lowest BCUT2D eigenvalue weighted by Gasteiger charge is -2.16. The molecule has 0 aliphatic heterocycles.